The van der Waals surface area contributed by atoms with Crippen molar-refractivity contribution in [3.05, 3.63) is 99.8 Å². The number of anilines is 1. The van der Waals surface area contributed by atoms with Crippen molar-refractivity contribution in [3.8, 4) is 5.75 Å². The van der Waals surface area contributed by atoms with Crippen molar-refractivity contribution >= 4 is 73.9 Å². The zero-order chi connectivity index (χ0) is 24.2. The normalized spacial score (nSPS) is 11.1. The van der Waals surface area contributed by atoms with Crippen LogP contribution in [0.25, 0.3) is 10.9 Å². The van der Waals surface area contributed by atoms with Gasteiger partial charge in [0.05, 0.1) is 24.3 Å². The van der Waals surface area contributed by atoms with E-state index in [2.05, 4.69) is 60.6 Å². The minimum atomic E-state index is -0.621. The van der Waals surface area contributed by atoms with Crippen LogP contribution in [0, 0.1) is 14.1 Å². The van der Waals surface area contributed by atoms with Crippen molar-refractivity contribution < 1.29 is 9.53 Å². The molecule has 0 radical (unpaired) electrons. The number of para-hydroxylation sites is 2. The lowest BCUT2D eigenvalue weighted by molar-refractivity contribution is -0.118. The molecular formula is C24H18I2N4O4. The number of aromatic nitrogens is 2. The van der Waals surface area contributed by atoms with Gasteiger partial charge in [-0.25, -0.2) is 4.79 Å². The van der Waals surface area contributed by atoms with Gasteiger partial charge in [0.2, 0.25) is 0 Å². The Hall–Kier alpha value is -3.00. The fourth-order valence-electron chi connectivity index (χ4n) is 3.21. The van der Waals surface area contributed by atoms with E-state index in [0.717, 1.165) is 23.1 Å². The highest BCUT2D eigenvalue weighted by molar-refractivity contribution is 14.1. The van der Waals surface area contributed by atoms with Gasteiger partial charge in [-0.05, 0) is 93.6 Å². The minimum Gasteiger partial charge on any atom is -0.482 e. The number of ether oxygens (including phenoxy) is 1. The number of hydrogen-bond donors (Lipinski definition) is 2. The number of carbonyl (C=O) groups is 1. The number of rotatable bonds is 6. The van der Waals surface area contributed by atoms with Gasteiger partial charge in [0, 0.05) is 5.69 Å². The van der Waals surface area contributed by atoms with Crippen LogP contribution in [0.5, 0.6) is 5.75 Å². The third-order valence-electron chi connectivity index (χ3n) is 4.89. The Kier molecular flexibility index (Phi) is 7.46. The summed E-state index contributed by atoms with van der Waals surface area (Å²) >= 11 is 4.21. The summed E-state index contributed by atoms with van der Waals surface area (Å²) in [6, 6.07) is 17.9. The monoisotopic (exact) mass is 680 g/mol. The molecule has 0 aliphatic carbocycles. The largest absolute Gasteiger partial charge is 0.482 e. The van der Waals surface area contributed by atoms with Gasteiger partial charge in [0.15, 0.2) is 6.61 Å². The zero-order valence-corrected chi connectivity index (χ0v) is 22.2. The molecule has 0 atom stereocenters. The predicted molar refractivity (Wildman–Crippen MR) is 149 cm³/mol. The smallest absolute Gasteiger partial charge is 0.349 e. The van der Waals surface area contributed by atoms with Gasteiger partial charge in [-0.15, -0.1) is 4.68 Å². The highest BCUT2D eigenvalue weighted by Crippen LogP contribution is 2.28. The summed E-state index contributed by atoms with van der Waals surface area (Å²) in [5.74, 6) is 0.306. The van der Waals surface area contributed by atoms with Crippen molar-refractivity contribution in [2.75, 3.05) is 11.9 Å². The summed E-state index contributed by atoms with van der Waals surface area (Å²) in [6.45, 7) is 1.78. The predicted octanol–water partition coefficient (Wildman–Crippen LogP) is 4.11. The number of fused-ring (bicyclic) bond motifs is 1. The van der Waals surface area contributed by atoms with E-state index in [1.807, 2.05) is 31.2 Å². The van der Waals surface area contributed by atoms with Crippen LogP contribution >= 0.6 is 45.2 Å². The molecule has 0 aliphatic rings. The van der Waals surface area contributed by atoms with Crippen molar-refractivity contribution in [1.29, 1.82) is 0 Å². The maximum atomic E-state index is 12.6. The van der Waals surface area contributed by atoms with Gasteiger partial charge in [-0.3, -0.25) is 9.59 Å². The Morgan fingerprint density at radius 3 is 2.50 bits per heavy atom. The van der Waals surface area contributed by atoms with Crippen LogP contribution in [-0.4, -0.2) is 28.4 Å². The molecule has 172 valence electrons. The Morgan fingerprint density at radius 2 is 1.76 bits per heavy atom. The Morgan fingerprint density at radius 1 is 1.09 bits per heavy atom. The van der Waals surface area contributed by atoms with E-state index >= 15 is 0 Å². The number of H-pyrrole nitrogens is 1. The number of nitrogens with one attached hydrogen (secondary N) is 2. The van der Waals surface area contributed by atoms with Gasteiger partial charge < -0.3 is 15.0 Å². The lowest BCUT2D eigenvalue weighted by Crippen LogP contribution is -2.32. The summed E-state index contributed by atoms with van der Waals surface area (Å²) in [5, 5.41) is 7.30. The van der Waals surface area contributed by atoms with Gasteiger partial charge in [-0.2, -0.15) is 5.10 Å². The van der Waals surface area contributed by atoms with Gasteiger partial charge >= 0.3 is 5.69 Å². The SMILES string of the molecule is Cc1ccccc1NC(=O)COc1c(I)cc(C=Nn2c(=O)[nH]c3ccccc3c2=O)cc1I. The number of nitrogens with zero attached hydrogens (tertiary/aromatic N) is 2. The second-order valence-corrected chi connectivity index (χ2v) is 9.63. The third kappa shape index (κ3) is 5.38. The van der Waals surface area contributed by atoms with Crippen LogP contribution in [0.15, 0.2) is 75.4 Å². The summed E-state index contributed by atoms with van der Waals surface area (Å²) in [6.07, 6.45) is 1.43. The van der Waals surface area contributed by atoms with Crippen LogP contribution < -0.4 is 21.3 Å². The van der Waals surface area contributed by atoms with Gasteiger partial charge in [-0.1, -0.05) is 30.3 Å². The maximum absolute atomic E-state index is 12.6. The molecule has 4 aromatic rings. The average molecular weight is 680 g/mol. The van der Waals surface area contributed by atoms with Crippen LogP contribution in [0.2, 0.25) is 0 Å². The van der Waals surface area contributed by atoms with E-state index < -0.39 is 11.2 Å². The second-order valence-electron chi connectivity index (χ2n) is 7.30. The van der Waals surface area contributed by atoms with E-state index in [4.69, 9.17) is 4.74 Å². The topological polar surface area (TPSA) is 106 Å². The number of aromatic amines is 1. The second kappa shape index (κ2) is 10.5. The van der Waals surface area contributed by atoms with E-state index in [1.54, 1.807) is 36.4 Å². The number of carbonyl (C=O) groups excluding carboxylic acids is 1. The molecule has 34 heavy (non-hydrogen) atoms. The van der Waals surface area contributed by atoms with Crippen molar-refractivity contribution in [1.82, 2.24) is 9.66 Å². The van der Waals surface area contributed by atoms with Crippen molar-refractivity contribution in [2.45, 2.75) is 6.92 Å². The van der Waals surface area contributed by atoms with Crippen molar-refractivity contribution in [2.24, 2.45) is 5.10 Å². The highest BCUT2D eigenvalue weighted by Gasteiger charge is 2.12. The Bertz CT molecular complexity index is 1520. The molecule has 1 amide bonds. The first-order valence-electron chi connectivity index (χ1n) is 10.1. The van der Waals surface area contributed by atoms with Crippen LogP contribution in [0.3, 0.4) is 0 Å². The maximum Gasteiger partial charge on any atom is 0.349 e. The molecule has 0 spiro atoms. The molecule has 0 saturated heterocycles. The number of hydrogen-bond acceptors (Lipinski definition) is 5. The van der Waals surface area contributed by atoms with E-state index in [0.29, 0.717) is 22.2 Å². The molecule has 0 aliphatic heterocycles. The molecule has 0 saturated carbocycles. The van der Waals surface area contributed by atoms with E-state index in [9.17, 15) is 14.4 Å². The lowest BCUT2D eigenvalue weighted by Gasteiger charge is -2.12. The van der Waals surface area contributed by atoms with Gasteiger partial charge in [0.1, 0.15) is 5.75 Å². The number of amides is 1. The fraction of sp³-hybridized carbons (Fsp3) is 0.0833. The summed E-state index contributed by atoms with van der Waals surface area (Å²) in [5.41, 5.74) is 1.72. The standard InChI is InChI=1S/C24H18I2N4O4/c1-14-6-2-4-8-19(14)28-21(31)13-34-22-17(25)10-15(11-18(22)26)12-27-30-23(32)16-7-3-5-9-20(16)29-24(30)33/h2-12H,13H2,1H3,(H,28,31)(H,29,33). The molecule has 1 heterocycles. The molecule has 0 unspecified atom stereocenters. The molecule has 4 rings (SSSR count). The number of aryl methyl sites for hydroxylation is 1. The molecule has 3 aromatic carbocycles. The third-order valence-corrected chi connectivity index (χ3v) is 6.50. The quantitative estimate of drug-likeness (QED) is 0.237. The summed E-state index contributed by atoms with van der Waals surface area (Å²) < 4.78 is 8.08. The first kappa shape index (κ1) is 24.1. The fourth-order valence-corrected chi connectivity index (χ4v) is 5.34. The van der Waals surface area contributed by atoms with Gasteiger partial charge in [0.25, 0.3) is 11.5 Å². The molecule has 8 nitrogen and oxygen atoms in total. The molecule has 2 N–H and O–H groups in total. The highest BCUT2D eigenvalue weighted by atomic mass is 127. The van der Waals surface area contributed by atoms with E-state index in [1.165, 1.54) is 6.21 Å². The Balaban J connectivity index is 1.51. The average Bonchev–Trinajstić information content (AvgIpc) is 2.80. The first-order valence-corrected chi connectivity index (χ1v) is 12.2. The molecule has 1 aromatic heterocycles. The molecule has 0 fully saturated rings. The van der Waals surface area contributed by atoms with Crippen LogP contribution in [-0.2, 0) is 4.79 Å². The first-order chi connectivity index (χ1) is 16.3. The molecular weight excluding hydrogens is 662 g/mol. The zero-order valence-electron chi connectivity index (χ0n) is 17.8. The molecule has 10 heteroatoms. The number of halogens is 2. The van der Waals surface area contributed by atoms with Crippen molar-refractivity contribution in [3.63, 3.8) is 0 Å². The van der Waals surface area contributed by atoms with Crippen LogP contribution in [0.1, 0.15) is 11.1 Å². The lowest BCUT2D eigenvalue weighted by atomic mass is 10.2. The molecule has 0 bridgehead atoms. The number of benzene rings is 3. The minimum absolute atomic E-state index is 0.143. The van der Waals surface area contributed by atoms with E-state index in [-0.39, 0.29) is 12.5 Å². The van der Waals surface area contributed by atoms with Crippen LogP contribution in [0.4, 0.5) is 5.69 Å². The Labute approximate surface area is 221 Å². The summed E-state index contributed by atoms with van der Waals surface area (Å²) in [7, 11) is 0. The summed E-state index contributed by atoms with van der Waals surface area (Å²) in [4.78, 5) is 39.9.